The summed E-state index contributed by atoms with van der Waals surface area (Å²) in [5.41, 5.74) is 1.21. The van der Waals surface area contributed by atoms with E-state index in [2.05, 4.69) is 6.07 Å². The molecular weight excluding hydrogens is 224 g/mol. The van der Waals surface area contributed by atoms with Crippen LogP contribution in [0.3, 0.4) is 0 Å². The molecule has 1 aliphatic rings. The molecule has 0 amide bonds. The fourth-order valence-corrected chi connectivity index (χ4v) is 2.50. The third kappa shape index (κ3) is 2.27. The molecule has 16 heavy (non-hydrogen) atoms. The Kier molecular flexibility index (Phi) is 3.59. The van der Waals surface area contributed by atoms with Crippen molar-refractivity contribution in [1.29, 1.82) is 0 Å². The first-order valence-electron chi connectivity index (χ1n) is 5.58. The summed E-state index contributed by atoms with van der Waals surface area (Å²) < 4.78 is 10.6. The topological polar surface area (TPSA) is 18.5 Å². The van der Waals surface area contributed by atoms with Gasteiger partial charge in [-0.25, -0.2) is 0 Å². The summed E-state index contributed by atoms with van der Waals surface area (Å²) in [5.74, 6) is 3.52. The van der Waals surface area contributed by atoms with Gasteiger partial charge in [0.15, 0.2) is 0 Å². The van der Waals surface area contributed by atoms with Crippen molar-refractivity contribution in [3.63, 3.8) is 0 Å². The summed E-state index contributed by atoms with van der Waals surface area (Å²) in [6, 6.07) is 5.97. The van der Waals surface area contributed by atoms with Crippen LogP contribution in [-0.4, -0.2) is 20.1 Å². The molecule has 0 aromatic heterocycles. The fraction of sp³-hybridized carbons (Fsp3) is 0.538. The van der Waals surface area contributed by atoms with Crippen molar-refractivity contribution >= 4 is 11.6 Å². The smallest absolute Gasteiger partial charge is 0.126 e. The lowest BCUT2D eigenvalue weighted by Gasteiger charge is -2.17. The first kappa shape index (κ1) is 11.6. The van der Waals surface area contributed by atoms with Gasteiger partial charge in [0.2, 0.25) is 0 Å². The number of hydrogen-bond donors (Lipinski definition) is 0. The maximum Gasteiger partial charge on any atom is 0.126 e. The number of hydrogen-bond acceptors (Lipinski definition) is 2. The van der Waals surface area contributed by atoms with E-state index in [0.717, 1.165) is 17.4 Å². The molecule has 1 saturated carbocycles. The lowest BCUT2D eigenvalue weighted by Crippen LogP contribution is -2.05. The lowest BCUT2D eigenvalue weighted by atomic mass is 9.95. The molecule has 1 aromatic rings. The second-order valence-electron chi connectivity index (χ2n) is 4.21. The highest BCUT2D eigenvalue weighted by molar-refractivity contribution is 6.18. The minimum absolute atomic E-state index is 0.419. The van der Waals surface area contributed by atoms with E-state index >= 15 is 0 Å². The van der Waals surface area contributed by atoms with Gasteiger partial charge in [0.25, 0.3) is 0 Å². The average Bonchev–Trinajstić information content (AvgIpc) is 3.15. The molecule has 0 N–H and O–H groups in total. The van der Waals surface area contributed by atoms with E-state index in [9.17, 15) is 0 Å². The quantitative estimate of drug-likeness (QED) is 0.734. The Labute approximate surface area is 102 Å². The maximum absolute atomic E-state index is 6.05. The van der Waals surface area contributed by atoms with E-state index in [0.29, 0.717) is 11.8 Å². The predicted molar refractivity (Wildman–Crippen MR) is 65.7 cm³/mol. The van der Waals surface area contributed by atoms with Gasteiger partial charge in [-0.05, 0) is 30.4 Å². The third-order valence-corrected chi connectivity index (χ3v) is 3.53. The number of rotatable bonds is 5. The van der Waals surface area contributed by atoms with Crippen molar-refractivity contribution < 1.29 is 9.47 Å². The molecular formula is C13H17ClO2. The average molecular weight is 241 g/mol. The SMILES string of the molecule is COc1ccc(C(CCl)C2CC2)c(OC)c1. The Morgan fingerprint density at radius 3 is 2.56 bits per heavy atom. The zero-order valence-corrected chi connectivity index (χ0v) is 10.5. The van der Waals surface area contributed by atoms with Crippen molar-refractivity contribution in [2.45, 2.75) is 18.8 Å². The monoisotopic (exact) mass is 240 g/mol. The Morgan fingerprint density at radius 2 is 2.06 bits per heavy atom. The number of methoxy groups -OCH3 is 2. The van der Waals surface area contributed by atoms with Crippen molar-refractivity contribution in [2.24, 2.45) is 5.92 Å². The van der Waals surface area contributed by atoms with E-state index in [1.54, 1.807) is 14.2 Å². The van der Waals surface area contributed by atoms with Crippen LogP contribution in [0.1, 0.15) is 24.3 Å². The van der Waals surface area contributed by atoms with Crippen molar-refractivity contribution in [2.75, 3.05) is 20.1 Å². The van der Waals surface area contributed by atoms with Crippen LogP contribution in [0.25, 0.3) is 0 Å². The van der Waals surface area contributed by atoms with Crippen LogP contribution < -0.4 is 9.47 Å². The largest absolute Gasteiger partial charge is 0.497 e. The summed E-state index contributed by atoms with van der Waals surface area (Å²) in [6.07, 6.45) is 2.57. The first-order valence-corrected chi connectivity index (χ1v) is 6.11. The van der Waals surface area contributed by atoms with Gasteiger partial charge in [0, 0.05) is 17.9 Å². The van der Waals surface area contributed by atoms with E-state index < -0.39 is 0 Å². The first-order chi connectivity index (χ1) is 7.80. The van der Waals surface area contributed by atoms with Gasteiger partial charge in [-0.2, -0.15) is 0 Å². The Balaban J connectivity index is 2.30. The lowest BCUT2D eigenvalue weighted by molar-refractivity contribution is 0.387. The molecule has 1 aromatic carbocycles. The molecule has 1 aliphatic carbocycles. The normalized spacial score (nSPS) is 16.9. The molecule has 2 nitrogen and oxygen atoms in total. The zero-order valence-electron chi connectivity index (χ0n) is 9.70. The van der Waals surface area contributed by atoms with Crippen LogP contribution in [0.2, 0.25) is 0 Å². The van der Waals surface area contributed by atoms with Gasteiger partial charge in [-0.1, -0.05) is 6.07 Å². The van der Waals surface area contributed by atoms with Crippen LogP contribution >= 0.6 is 11.6 Å². The molecule has 0 spiro atoms. The Bertz CT molecular complexity index is 361. The van der Waals surface area contributed by atoms with Crippen LogP contribution in [0.15, 0.2) is 18.2 Å². The maximum atomic E-state index is 6.05. The number of ether oxygens (including phenoxy) is 2. The van der Waals surface area contributed by atoms with E-state index in [-0.39, 0.29) is 0 Å². The molecule has 0 aliphatic heterocycles. The third-order valence-electron chi connectivity index (χ3n) is 3.20. The minimum Gasteiger partial charge on any atom is -0.497 e. The molecule has 0 bridgehead atoms. The molecule has 0 radical (unpaired) electrons. The van der Waals surface area contributed by atoms with Gasteiger partial charge < -0.3 is 9.47 Å². The molecule has 88 valence electrons. The molecule has 3 heteroatoms. The Hall–Kier alpha value is -0.890. The standard InChI is InChI=1S/C13H17ClO2/c1-15-10-5-6-11(13(7-10)16-2)12(8-14)9-3-4-9/h5-7,9,12H,3-4,8H2,1-2H3. The summed E-state index contributed by atoms with van der Waals surface area (Å²) in [6.45, 7) is 0. The van der Waals surface area contributed by atoms with Gasteiger partial charge in [0.1, 0.15) is 11.5 Å². The minimum atomic E-state index is 0.419. The highest BCUT2D eigenvalue weighted by atomic mass is 35.5. The van der Waals surface area contributed by atoms with Gasteiger partial charge >= 0.3 is 0 Å². The van der Waals surface area contributed by atoms with Gasteiger partial charge in [0.05, 0.1) is 14.2 Å². The summed E-state index contributed by atoms with van der Waals surface area (Å²) >= 11 is 6.05. The van der Waals surface area contributed by atoms with E-state index in [1.807, 2.05) is 12.1 Å². The van der Waals surface area contributed by atoms with Crippen LogP contribution in [0, 0.1) is 5.92 Å². The van der Waals surface area contributed by atoms with Gasteiger partial charge in [-0.15, -0.1) is 11.6 Å². The van der Waals surface area contributed by atoms with E-state index in [1.165, 1.54) is 18.4 Å². The highest BCUT2D eigenvalue weighted by Gasteiger charge is 2.33. The summed E-state index contributed by atoms with van der Waals surface area (Å²) in [4.78, 5) is 0. The molecule has 0 heterocycles. The second kappa shape index (κ2) is 4.96. The summed E-state index contributed by atoms with van der Waals surface area (Å²) in [5, 5.41) is 0. The zero-order chi connectivity index (χ0) is 11.5. The Morgan fingerprint density at radius 1 is 1.31 bits per heavy atom. The molecule has 0 saturated heterocycles. The predicted octanol–water partition coefficient (Wildman–Crippen LogP) is 3.44. The molecule has 1 unspecified atom stereocenters. The van der Waals surface area contributed by atoms with Gasteiger partial charge in [-0.3, -0.25) is 0 Å². The van der Waals surface area contributed by atoms with Crippen LogP contribution in [-0.2, 0) is 0 Å². The highest BCUT2D eigenvalue weighted by Crippen LogP contribution is 2.46. The van der Waals surface area contributed by atoms with Crippen LogP contribution in [0.5, 0.6) is 11.5 Å². The van der Waals surface area contributed by atoms with Crippen molar-refractivity contribution in [3.8, 4) is 11.5 Å². The fourth-order valence-electron chi connectivity index (χ4n) is 2.09. The van der Waals surface area contributed by atoms with E-state index in [4.69, 9.17) is 21.1 Å². The number of benzene rings is 1. The molecule has 1 fully saturated rings. The second-order valence-corrected chi connectivity index (χ2v) is 4.51. The molecule has 1 atom stereocenters. The number of halogens is 1. The van der Waals surface area contributed by atoms with Crippen LogP contribution in [0.4, 0.5) is 0 Å². The van der Waals surface area contributed by atoms with Crippen molar-refractivity contribution in [3.05, 3.63) is 23.8 Å². The van der Waals surface area contributed by atoms with Crippen molar-refractivity contribution in [1.82, 2.24) is 0 Å². The summed E-state index contributed by atoms with van der Waals surface area (Å²) in [7, 11) is 3.35. The number of alkyl halides is 1. The molecule has 2 rings (SSSR count).